The maximum absolute atomic E-state index is 14.2. The third-order valence-corrected chi connectivity index (χ3v) is 14.1. The van der Waals surface area contributed by atoms with Gasteiger partial charge >= 0.3 is 0 Å². The molecule has 4 heterocycles. The molecule has 4 fully saturated rings. The minimum Gasteiger partial charge on any atom is -0.354 e. The normalized spacial score (nSPS) is 21.1. The number of halogens is 1. The SMILES string of the molecule is CCCCCCNC(=O)[C@@H]1CCCN1C(=O)C(C)(C)NC(=O)[C@@H]1CCCN1C(=O)C(C)(C)NC(=O)[C@@H]1CCCN1C(=O)C(C)(C)NC(=O)[C@@H]1CCCN1C(=O)C(C)(C)NC(=O)c1ccc(Br)cc1. The van der Waals surface area contributed by atoms with Crippen LogP contribution in [0.25, 0.3) is 0 Å². The fourth-order valence-corrected chi connectivity index (χ4v) is 10.1. The quantitative estimate of drug-likeness (QED) is 0.136. The molecule has 5 N–H and O–H groups in total. The number of amides is 9. The zero-order chi connectivity index (χ0) is 50.4. The molecule has 18 nitrogen and oxygen atoms in total. The van der Waals surface area contributed by atoms with Crippen LogP contribution in [0.1, 0.15) is 150 Å². The highest BCUT2D eigenvalue weighted by Crippen LogP contribution is 2.28. The summed E-state index contributed by atoms with van der Waals surface area (Å²) < 4.78 is 0.799. The summed E-state index contributed by atoms with van der Waals surface area (Å²) in [6.45, 7) is 16.3. The number of rotatable bonds is 18. The van der Waals surface area contributed by atoms with E-state index < -0.39 is 87.7 Å². The van der Waals surface area contributed by atoms with Gasteiger partial charge in [0.2, 0.25) is 47.3 Å². The fourth-order valence-electron chi connectivity index (χ4n) is 9.79. The number of benzene rings is 1. The van der Waals surface area contributed by atoms with Crippen molar-refractivity contribution >= 4 is 69.1 Å². The number of nitrogens with one attached hydrogen (secondary N) is 5. The van der Waals surface area contributed by atoms with Gasteiger partial charge in [0.1, 0.15) is 46.3 Å². The molecule has 0 unspecified atom stereocenters. The summed E-state index contributed by atoms with van der Waals surface area (Å²) in [6, 6.07) is 3.32. The minimum atomic E-state index is -1.50. The second-order valence-corrected chi connectivity index (χ2v) is 21.8. The van der Waals surface area contributed by atoms with E-state index >= 15 is 0 Å². The van der Waals surface area contributed by atoms with Gasteiger partial charge in [-0.1, -0.05) is 42.1 Å². The van der Waals surface area contributed by atoms with E-state index in [9.17, 15) is 43.2 Å². The van der Waals surface area contributed by atoms with Crippen LogP contribution in [0.4, 0.5) is 0 Å². The average molecular weight is 1010 g/mol. The van der Waals surface area contributed by atoms with Gasteiger partial charge in [0, 0.05) is 42.8 Å². The van der Waals surface area contributed by atoms with E-state index in [1.807, 2.05) is 0 Å². The Labute approximate surface area is 409 Å². The number of carbonyl (C=O) groups is 9. The first-order valence-electron chi connectivity index (χ1n) is 24.4. The zero-order valence-electron chi connectivity index (χ0n) is 41.5. The lowest BCUT2D eigenvalue weighted by atomic mass is 9.98. The van der Waals surface area contributed by atoms with Gasteiger partial charge < -0.3 is 46.2 Å². The molecule has 4 aliphatic rings. The molecule has 0 bridgehead atoms. The van der Waals surface area contributed by atoms with Crippen molar-refractivity contribution in [2.75, 3.05) is 32.7 Å². The smallest absolute Gasteiger partial charge is 0.252 e. The van der Waals surface area contributed by atoms with Gasteiger partial charge in [-0.05, 0) is 137 Å². The van der Waals surface area contributed by atoms with E-state index in [1.54, 1.807) is 79.7 Å². The Kier molecular flexibility index (Phi) is 17.5. The summed E-state index contributed by atoms with van der Waals surface area (Å²) in [5.74, 6) is -4.10. The van der Waals surface area contributed by atoms with Crippen LogP contribution in [0.5, 0.6) is 0 Å². The summed E-state index contributed by atoms with van der Waals surface area (Å²) in [5, 5.41) is 14.3. The van der Waals surface area contributed by atoms with E-state index in [-0.39, 0.29) is 31.4 Å². The second-order valence-electron chi connectivity index (χ2n) is 20.9. The van der Waals surface area contributed by atoms with E-state index in [4.69, 9.17) is 0 Å². The molecule has 1 aromatic carbocycles. The molecule has 5 rings (SSSR count). The Balaban J connectivity index is 1.16. The van der Waals surface area contributed by atoms with Gasteiger partial charge in [0.15, 0.2) is 0 Å². The molecule has 0 aromatic heterocycles. The monoisotopic (exact) mass is 1010 g/mol. The molecule has 0 radical (unpaired) electrons. The molecule has 4 atom stereocenters. The fraction of sp³-hybridized carbons (Fsp3) is 0.694. The Morgan fingerprint density at radius 2 is 0.809 bits per heavy atom. The predicted octanol–water partition coefficient (Wildman–Crippen LogP) is 3.30. The number of carbonyl (C=O) groups excluding carboxylic acids is 9. The van der Waals surface area contributed by atoms with Crippen LogP contribution in [0, 0.1) is 0 Å². The Hall–Kier alpha value is -5.07. The van der Waals surface area contributed by atoms with Crippen molar-refractivity contribution in [1.82, 2.24) is 46.2 Å². The highest BCUT2D eigenvalue weighted by atomic mass is 79.9. The number of hydrogen-bond donors (Lipinski definition) is 5. The van der Waals surface area contributed by atoms with Crippen LogP contribution in [-0.4, -0.2) is 152 Å². The lowest BCUT2D eigenvalue weighted by molar-refractivity contribution is -0.149. The minimum absolute atomic E-state index is 0.199. The van der Waals surface area contributed by atoms with Crippen LogP contribution in [0.3, 0.4) is 0 Å². The number of unbranched alkanes of at least 4 members (excludes halogenated alkanes) is 3. The van der Waals surface area contributed by atoms with Gasteiger partial charge in [-0.3, -0.25) is 43.2 Å². The molecular formula is C49H74BrN9O9. The number of nitrogens with zero attached hydrogens (tertiary/aromatic N) is 4. The average Bonchev–Trinajstić information content (AvgIpc) is 4.12. The summed E-state index contributed by atoms with van der Waals surface area (Å²) in [5.41, 5.74) is -5.35. The van der Waals surface area contributed by atoms with Gasteiger partial charge in [0.05, 0.1) is 0 Å². The topological polar surface area (TPSA) is 227 Å². The Bertz CT molecular complexity index is 2090. The lowest BCUT2D eigenvalue weighted by Crippen LogP contribution is -2.65. The molecule has 0 aliphatic carbocycles. The first kappa shape index (κ1) is 53.9. The van der Waals surface area contributed by atoms with Crippen molar-refractivity contribution in [2.45, 2.75) is 186 Å². The lowest BCUT2D eigenvalue weighted by Gasteiger charge is -2.38. The van der Waals surface area contributed by atoms with E-state index in [2.05, 4.69) is 49.4 Å². The number of hydrogen-bond acceptors (Lipinski definition) is 9. The van der Waals surface area contributed by atoms with Crippen LogP contribution < -0.4 is 26.6 Å². The maximum Gasteiger partial charge on any atom is 0.252 e. The maximum atomic E-state index is 14.2. The van der Waals surface area contributed by atoms with Crippen molar-refractivity contribution in [1.29, 1.82) is 0 Å². The van der Waals surface area contributed by atoms with Crippen molar-refractivity contribution < 1.29 is 43.2 Å². The van der Waals surface area contributed by atoms with E-state index in [1.165, 1.54) is 19.6 Å². The van der Waals surface area contributed by atoms with E-state index in [0.29, 0.717) is 70.0 Å². The zero-order valence-corrected chi connectivity index (χ0v) is 43.1. The second kappa shape index (κ2) is 22.1. The molecule has 1 aromatic rings. The van der Waals surface area contributed by atoms with E-state index in [0.717, 1.165) is 30.2 Å². The summed E-state index contributed by atoms with van der Waals surface area (Å²) in [4.78, 5) is 130. The first-order valence-corrected chi connectivity index (χ1v) is 25.2. The van der Waals surface area contributed by atoms with Crippen molar-refractivity contribution in [3.8, 4) is 0 Å². The molecule has 4 aliphatic heterocycles. The molecule has 0 spiro atoms. The molecule has 9 amide bonds. The van der Waals surface area contributed by atoms with Crippen LogP contribution in [0.2, 0.25) is 0 Å². The van der Waals surface area contributed by atoms with Gasteiger partial charge in [0.25, 0.3) is 5.91 Å². The molecule has 19 heteroatoms. The Morgan fingerprint density at radius 3 is 1.15 bits per heavy atom. The number of likely N-dealkylation sites (tertiary alicyclic amines) is 4. The van der Waals surface area contributed by atoms with Crippen molar-refractivity contribution in [3.05, 3.63) is 34.3 Å². The van der Waals surface area contributed by atoms with Gasteiger partial charge in [-0.2, -0.15) is 0 Å². The first-order chi connectivity index (χ1) is 31.8. The summed E-state index contributed by atoms with van der Waals surface area (Å²) in [6.07, 6.45) is 7.82. The van der Waals surface area contributed by atoms with Gasteiger partial charge in [-0.15, -0.1) is 0 Å². The van der Waals surface area contributed by atoms with Crippen LogP contribution in [-0.2, 0) is 38.4 Å². The van der Waals surface area contributed by atoms with Crippen LogP contribution in [0.15, 0.2) is 28.7 Å². The summed E-state index contributed by atoms with van der Waals surface area (Å²) in [7, 11) is 0. The third-order valence-electron chi connectivity index (χ3n) is 13.6. The summed E-state index contributed by atoms with van der Waals surface area (Å²) >= 11 is 3.35. The van der Waals surface area contributed by atoms with Gasteiger partial charge in [-0.25, -0.2) is 0 Å². The molecule has 376 valence electrons. The Morgan fingerprint density at radius 1 is 0.485 bits per heavy atom. The third kappa shape index (κ3) is 12.6. The molecule has 68 heavy (non-hydrogen) atoms. The van der Waals surface area contributed by atoms with Crippen molar-refractivity contribution in [3.63, 3.8) is 0 Å². The molecule has 4 saturated heterocycles. The highest BCUT2D eigenvalue weighted by Gasteiger charge is 2.49. The largest absolute Gasteiger partial charge is 0.354 e. The van der Waals surface area contributed by atoms with Crippen molar-refractivity contribution in [2.24, 2.45) is 0 Å². The molecular weight excluding hydrogens is 938 g/mol. The molecule has 0 saturated carbocycles. The van der Waals surface area contributed by atoms with Crippen LogP contribution >= 0.6 is 15.9 Å². The predicted molar refractivity (Wildman–Crippen MR) is 258 cm³/mol. The standard InChI is InChI=1S/C49H74BrN9O9/c1-10-11-12-13-26-51-38(61)33-18-14-27-56(33)43(66)47(4,5)53-40(63)35-20-16-29-58(35)45(68)49(8,9)55-41(64)36-21-17-30-59(36)44(67)48(6,7)54-39(62)34-19-15-28-57(34)42(65)46(2,3)52-37(60)31-22-24-32(50)25-23-31/h22-25,33-36H,10-21,26-30H2,1-9H3,(H,51,61)(H,52,60)(H,53,63)(H,54,62)(H,55,64)/t33-,34-,35-,36-/m0/s1. The highest BCUT2D eigenvalue weighted by molar-refractivity contribution is 9.10.